The molecule has 83 heavy (non-hydrogen) atoms. The SMILES string of the molecule is COc1cc2c(cc1OCc1ccccc1)C1Cc3c([nH]c4ccc(F)cc34)C(c3ccc(F)cc3)N1CC2.[B]B([B])B([B])B(B(B([B])[B])B([B])[B])B(B(B(B([B])[B])B([B])[B])B(B([B])[B])B([B])[B])B(B(B([B])[B])B([B])[B])B(B([B])[B])B([B])[B]. The number of halogens is 2. The largest absolute Gasteiger partial charge is 0.493 e. The molecule has 2 unspecified atom stereocenters. The van der Waals surface area contributed by atoms with E-state index >= 15 is 0 Å². The molecule has 2 aliphatic heterocycles. The lowest BCUT2D eigenvalue weighted by Gasteiger charge is -2.55. The lowest BCUT2D eigenvalue weighted by molar-refractivity contribution is 0.127. The summed E-state index contributed by atoms with van der Waals surface area (Å²) in [7, 11) is 147. The molecule has 1 N–H and O–H groups in total. The molecule has 0 aliphatic carbocycles. The predicted molar refractivity (Wildman–Crippen MR) is 400 cm³/mol. The number of rotatable bonds is 25. The van der Waals surface area contributed by atoms with Crippen molar-refractivity contribution in [3.8, 4) is 11.5 Å². The standard InChI is InChI=1S/C33H28F2N2O2.B44/c1-38-30-15-22-13-14-37-29(25(22)18-31(30)39-19-20-5-3-2-4-6-20)17-27-26-16-24(35)11-12-28(26)36-32(27)33(37)21-7-9-23(34)10-8-21;1-24(2)35(23)41(36(25(3)4)26(5)6)44(42(37(27(7)8)28(9)10)38(29(11)12)30(13)14)43(39(31(15)16)32(17)18)40(33(19)20)34(21)22/h2-12,15-16,18,29,33,36H,13-14,17,19H2,1H3;. The molecule has 0 spiro atoms. The molecule has 46 radical (unpaired) electrons. The number of aromatic nitrogens is 1. The van der Waals surface area contributed by atoms with Gasteiger partial charge in [0.25, 0.3) is 0 Å². The third-order valence-electron chi connectivity index (χ3n) is 17.0. The van der Waals surface area contributed by atoms with Gasteiger partial charge in [-0.05, 0) is 83.1 Å². The van der Waals surface area contributed by atoms with Crippen LogP contribution in [0.25, 0.3) is 10.9 Å². The summed E-state index contributed by atoms with van der Waals surface area (Å²) in [5, 5.41) is 0.901. The zero-order valence-electron chi connectivity index (χ0n) is 47.0. The number of ether oxygens (including phenoxy) is 2. The van der Waals surface area contributed by atoms with Crippen LogP contribution in [0.3, 0.4) is 0 Å². The molecule has 1 aromatic heterocycles. The highest BCUT2D eigenvalue weighted by Gasteiger charge is 2.58. The Morgan fingerprint density at radius 1 is 0.494 bits per heavy atom. The molecule has 328 valence electrons. The number of nitrogens with zero attached hydrogens (tertiary/aromatic N) is 1. The Labute approximate surface area is 533 Å². The lowest BCUT2D eigenvalue weighted by atomic mass is 8.26. The molecule has 2 atom stereocenters. The van der Waals surface area contributed by atoms with Crippen LogP contribution in [0.1, 0.15) is 45.6 Å². The minimum absolute atomic E-state index is 0.0450. The zero-order valence-corrected chi connectivity index (χ0v) is 47.0. The minimum atomic E-state index is -1.27. The van der Waals surface area contributed by atoms with Gasteiger partial charge < -0.3 is 14.5 Å². The molecule has 0 saturated carbocycles. The highest BCUT2D eigenvalue weighted by atomic mass is 19.1. The molecule has 2 aliphatic rings. The molecule has 4 nitrogen and oxygen atoms in total. The normalized spacial score (nSPS) is 13.7. The average molecular weight is 998 g/mol. The highest BCUT2D eigenvalue weighted by Crippen LogP contribution is 2.50. The third kappa shape index (κ3) is 16.6. The summed E-state index contributed by atoms with van der Waals surface area (Å²) in [6, 6.07) is 25.9. The van der Waals surface area contributed by atoms with Crippen LogP contribution in [0.4, 0.5) is 8.78 Å². The van der Waals surface area contributed by atoms with Crippen molar-refractivity contribution in [2.45, 2.75) is 31.5 Å². The maximum atomic E-state index is 14.4. The van der Waals surface area contributed by atoms with Gasteiger partial charge in [-0.1, -0.05) is 42.5 Å². The van der Waals surface area contributed by atoms with Crippen molar-refractivity contribution in [3.63, 3.8) is 0 Å². The molecule has 3 heterocycles. The van der Waals surface area contributed by atoms with E-state index in [1.54, 1.807) is 19.2 Å². The van der Waals surface area contributed by atoms with Crippen molar-refractivity contribution < 1.29 is 18.3 Å². The second kappa shape index (κ2) is 31.4. The number of aromatic amines is 1. The number of benzene rings is 4. The molecule has 0 bridgehead atoms. The molecule has 0 amide bonds. The van der Waals surface area contributed by atoms with E-state index in [1.165, 1.54) is 29.3 Å². The van der Waals surface area contributed by atoms with Crippen molar-refractivity contribution in [1.29, 1.82) is 0 Å². The van der Waals surface area contributed by atoms with Gasteiger partial charge in [0.1, 0.15) is 18.2 Å². The fourth-order valence-corrected chi connectivity index (χ4v) is 13.5. The Kier molecular flexibility index (Phi) is 26.8. The van der Waals surface area contributed by atoms with Gasteiger partial charge >= 0.3 is 0 Å². The van der Waals surface area contributed by atoms with Crippen LogP contribution in [0.15, 0.2) is 84.9 Å². The van der Waals surface area contributed by atoms with E-state index in [2.05, 4.69) is 22.0 Å². The molecule has 7 rings (SSSR count). The molecular weight excluding hydrogens is 970 g/mol. The fraction of sp³-hybridized carbons (Fsp3) is 0.212. The number of hydrogen-bond donors (Lipinski definition) is 1. The van der Waals surface area contributed by atoms with E-state index in [9.17, 15) is 8.78 Å². The molecule has 0 saturated heterocycles. The van der Waals surface area contributed by atoms with Crippen LogP contribution in [0, 0.1) is 11.6 Å². The van der Waals surface area contributed by atoms with Gasteiger partial charge in [-0.2, -0.15) is 0 Å². The second-order valence-corrected chi connectivity index (χ2v) is 22.5. The van der Waals surface area contributed by atoms with E-state index in [-0.39, 0.29) is 23.7 Å². The Balaban J connectivity index is 0.000000267. The Hall–Kier alpha value is -1.30. The fourth-order valence-electron chi connectivity index (χ4n) is 13.5. The summed E-state index contributed by atoms with van der Waals surface area (Å²) >= 11 is 0. The number of fused-ring (bicyclic) bond motifs is 6. The van der Waals surface area contributed by atoms with E-state index in [1.807, 2.05) is 42.5 Å². The smallest absolute Gasteiger partial charge is 0.162 e. The number of methoxy groups -OCH3 is 1. The first-order chi connectivity index (χ1) is 39.0. The van der Waals surface area contributed by atoms with Gasteiger partial charge in [-0.15, -0.1) is 0 Å². The van der Waals surface area contributed by atoms with Crippen LogP contribution in [-0.4, -0.2) is 336 Å². The van der Waals surface area contributed by atoms with Crippen LogP contribution >= 0.6 is 0 Å². The lowest BCUT2D eigenvalue weighted by Crippen LogP contribution is -2.93. The molecular formula is C33H28B44F2N2O2. The summed E-state index contributed by atoms with van der Waals surface area (Å²) in [5.41, 5.74) is 7.58. The van der Waals surface area contributed by atoms with E-state index in [4.69, 9.17) is 187 Å². The summed E-state index contributed by atoms with van der Waals surface area (Å²) in [4.78, 5) is 6.07. The van der Waals surface area contributed by atoms with Crippen LogP contribution < -0.4 is 9.47 Å². The number of nitrogens with one attached hydrogen (secondary N) is 1. The van der Waals surface area contributed by atoms with Gasteiger partial charge in [0.05, 0.1) is 13.2 Å². The summed E-state index contributed by atoms with van der Waals surface area (Å²) in [6.07, 6.45) is -23.7. The predicted octanol–water partition coefficient (Wildman–Crippen LogP) is -9.48. The number of H-pyrrole nitrogens is 1. The van der Waals surface area contributed by atoms with Gasteiger partial charge in [0.15, 0.2) is 11.5 Å². The third-order valence-corrected chi connectivity index (χ3v) is 17.0. The van der Waals surface area contributed by atoms with Crippen LogP contribution in [-0.2, 0) is 19.4 Å². The van der Waals surface area contributed by atoms with Crippen molar-refractivity contribution in [3.05, 3.63) is 130 Å². The van der Waals surface area contributed by atoms with E-state index in [0.717, 1.165) is 58.4 Å². The van der Waals surface area contributed by atoms with Gasteiger partial charge in [0, 0.05) is 341 Å². The summed E-state index contributed by atoms with van der Waals surface area (Å²) < 4.78 is 40.3. The van der Waals surface area contributed by atoms with Gasteiger partial charge in [-0.25, -0.2) is 8.78 Å². The quantitative estimate of drug-likeness (QED) is 0.0592. The molecule has 5 aromatic rings. The Morgan fingerprint density at radius 3 is 1.39 bits per heavy atom. The van der Waals surface area contributed by atoms with Crippen molar-refractivity contribution >= 4 is 323 Å². The molecule has 4 aromatic carbocycles. The maximum Gasteiger partial charge on any atom is 0.162 e. The molecule has 0 fully saturated rings. The first-order valence-corrected chi connectivity index (χ1v) is 27.6. The minimum Gasteiger partial charge on any atom is -0.493 e. The highest BCUT2D eigenvalue weighted by molar-refractivity contribution is 8.33. The average Bonchev–Trinajstić information content (AvgIpc) is 2.06. The zero-order chi connectivity index (χ0) is 61.6. The Bertz CT molecular complexity index is 2700. The van der Waals surface area contributed by atoms with Crippen LogP contribution in [0.2, 0.25) is 0 Å². The first-order valence-electron chi connectivity index (χ1n) is 27.6. The summed E-state index contributed by atoms with van der Waals surface area (Å²) in [5.74, 6) is 0.909. The van der Waals surface area contributed by atoms with Gasteiger partial charge in [-0.3, -0.25) is 4.90 Å². The Morgan fingerprint density at radius 2 is 0.940 bits per heavy atom. The monoisotopic (exact) mass is 1010 g/mol. The summed E-state index contributed by atoms with van der Waals surface area (Å²) in [6.45, 7) is 1.27. The topological polar surface area (TPSA) is 37.5 Å². The van der Waals surface area contributed by atoms with Crippen molar-refractivity contribution in [2.75, 3.05) is 13.7 Å². The first kappa shape index (κ1) is 70.8. The number of hydrogen-bond acceptors (Lipinski definition) is 3. The van der Waals surface area contributed by atoms with Crippen molar-refractivity contribution in [2.24, 2.45) is 0 Å². The van der Waals surface area contributed by atoms with Crippen molar-refractivity contribution in [1.82, 2.24) is 9.88 Å². The van der Waals surface area contributed by atoms with Crippen LogP contribution in [0.5, 0.6) is 11.5 Å². The van der Waals surface area contributed by atoms with E-state index < -0.39 is 134 Å². The van der Waals surface area contributed by atoms with Gasteiger partial charge in [0.2, 0.25) is 0 Å². The van der Waals surface area contributed by atoms with E-state index in [0.29, 0.717) is 12.4 Å². The molecule has 50 heteroatoms. The maximum absolute atomic E-state index is 14.4. The second-order valence-electron chi connectivity index (χ2n) is 22.5.